The van der Waals surface area contributed by atoms with Crippen LogP contribution in [0.15, 0.2) is 72.8 Å². The lowest BCUT2D eigenvalue weighted by molar-refractivity contribution is 0.458. The van der Waals surface area contributed by atoms with E-state index in [2.05, 4.69) is 47.4 Å². The van der Waals surface area contributed by atoms with Gasteiger partial charge in [-0.1, -0.05) is 54.6 Å². The fourth-order valence-electron chi connectivity index (χ4n) is 4.89. The molecule has 0 saturated heterocycles. The average Bonchev–Trinajstić information content (AvgIpc) is 2.77. The molecule has 0 unspecified atom stereocenters. The van der Waals surface area contributed by atoms with Gasteiger partial charge in [-0.3, -0.25) is 0 Å². The molecular weight excluding hydrogens is 354 g/mol. The van der Waals surface area contributed by atoms with Crippen molar-refractivity contribution in [2.75, 3.05) is 0 Å². The van der Waals surface area contributed by atoms with Crippen LogP contribution in [-0.2, 0) is 12.8 Å². The quantitative estimate of drug-likeness (QED) is 0.327. The Morgan fingerprint density at radius 3 is 2.48 bits per heavy atom. The number of hydrogen-bond donors (Lipinski definition) is 1. The molecule has 0 bridgehead atoms. The fraction of sp³-hybridized carbons (Fsp3) is 0.148. The van der Waals surface area contributed by atoms with Crippen LogP contribution in [-0.4, -0.2) is 10.1 Å². The second kappa shape index (κ2) is 6.31. The van der Waals surface area contributed by atoms with Gasteiger partial charge in [-0.25, -0.2) is 4.98 Å². The summed E-state index contributed by atoms with van der Waals surface area (Å²) in [5.41, 5.74) is 5.63. The number of rotatable bonds is 1. The largest absolute Gasteiger partial charge is 0.493 e. The standard InChI is InChI=1S/C27H21NO/c29-27-25(16-20-6-2-4-8-26(20)28-27)19-10-12-22-18(15-19)11-14-23-21-7-3-1-5-17(21)9-13-24(22)23/h2,4,6,8-16H,1,3,5,7H2,(H,28,29). The minimum atomic E-state index is 0.0814. The Morgan fingerprint density at radius 1 is 0.690 bits per heavy atom. The van der Waals surface area contributed by atoms with Gasteiger partial charge < -0.3 is 5.11 Å². The first-order valence-electron chi connectivity index (χ1n) is 10.3. The highest BCUT2D eigenvalue weighted by Crippen LogP contribution is 2.37. The molecule has 0 saturated carbocycles. The third-order valence-corrected chi connectivity index (χ3v) is 6.36. The van der Waals surface area contributed by atoms with E-state index in [0.717, 1.165) is 22.0 Å². The Kier molecular flexibility index (Phi) is 3.60. The molecule has 2 heteroatoms. The Labute approximate surface area is 169 Å². The summed E-state index contributed by atoms with van der Waals surface area (Å²) in [4.78, 5) is 4.39. The van der Waals surface area contributed by atoms with Crippen molar-refractivity contribution >= 4 is 32.4 Å². The van der Waals surface area contributed by atoms with Gasteiger partial charge in [-0.05, 0) is 82.1 Å². The van der Waals surface area contributed by atoms with Crippen LogP contribution in [0.5, 0.6) is 5.88 Å². The topological polar surface area (TPSA) is 33.1 Å². The molecule has 140 valence electrons. The number of para-hydroxylation sites is 1. The van der Waals surface area contributed by atoms with Crippen LogP contribution in [0.1, 0.15) is 24.0 Å². The SMILES string of the molecule is Oc1nc2ccccc2cc1-c1ccc2c(ccc3c4c(ccc32)CCCC4)c1. The van der Waals surface area contributed by atoms with Gasteiger partial charge in [0.25, 0.3) is 0 Å². The van der Waals surface area contributed by atoms with Crippen LogP contribution < -0.4 is 0 Å². The molecule has 29 heavy (non-hydrogen) atoms. The van der Waals surface area contributed by atoms with Crippen LogP contribution >= 0.6 is 0 Å². The van der Waals surface area contributed by atoms with Crippen molar-refractivity contribution in [1.29, 1.82) is 0 Å². The van der Waals surface area contributed by atoms with Crippen molar-refractivity contribution in [3.63, 3.8) is 0 Å². The highest BCUT2D eigenvalue weighted by atomic mass is 16.3. The van der Waals surface area contributed by atoms with Gasteiger partial charge in [0.1, 0.15) is 0 Å². The fourth-order valence-corrected chi connectivity index (χ4v) is 4.89. The van der Waals surface area contributed by atoms with E-state index < -0.39 is 0 Å². The summed E-state index contributed by atoms with van der Waals surface area (Å²) < 4.78 is 0. The van der Waals surface area contributed by atoms with Gasteiger partial charge >= 0.3 is 0 Å². The van der Waals surface area contributed by atoms with Crippen molar-refractivity contribution in [2.45, 2.75) is 25.7 Å². The molecule has 1 aliphatic carbocycles. The predicted molar refractivity (Wildman–Crippen MR) is 120 cm³/mol. The van der Waals surface area contributed by atoms with Crippen LogP contribution in [0.25, 0.3) is 43.6 Å². The first-order chi connectivity index (χ1) is 14.3. The molecule has 0 radical (unpaired) electrons. The lowest BCUT2D eigenvalue weighted by Crippen LogP contribution is -2.03. The maximum atomic E-state index is 10.5. The molecule has 0 atom stereocenters. The van der Waals surface area contributed by atoms with Crippen LogP contribution in [0.3, 0.4) is 0 Å². The highest BCUT2D eigenvalue weighted by Gasteiger charge is 2.14. The molecular formula is C27H21NO. The number of pyridine rings is 1. The van der Waals surface area contributed by atoms with Crippen molar-refractivity contribution in [3.05, 3.63) is 83.9 Å². The number of nitrogens with zero attached hydrogens (tertiary/aromatic N) is 1. The number of aromatic hydroxyl groups is 1. The lowest BCUT2D eigenvalue weighted by Gasteiger charge is -2.19. The molecule has 1 aromatic heterocycles. The monoisotopic (exact) mass is 375 g/mol. The zero-order chi connectivity index (χ0) is 19.4. The Morgan fingerprint density at radius 2 is 1.52 bits per heavy atom. The van der Waals surface area contributed by atoms with Crippen molar-refractivity contribution in [3.8, 4) is 17.0 Å². The van der Waals surface area contributed by atoms with E-state index in [9.17, 15) is 5.11 Å². The van der Waals surface area contributed by atoms with Gasteiger partial charge in [0, 0.05) is 10.9 Å². The first-order valence-corrected chi connectivity index (χ1v) is 10.3. The molecule has 6 rings (SSSR count). The summed E-state index contributed by atoms with van der Waals surface area (Å²) >= 11 is 0. The molecule has 0 aliphatic heterocycles. The number of aryl methyl sites for hydroxylation is 2. The van der Waals surface area contributed by atoms with Crippen molar-refractivity contribution in [2.24, 2.45) is 0 Å². The van der Waals surface area contributed by atoms with Crippen molar-refractivity contribution < 1.29 is 5.11 Å². The molecule has 2 nitrogen and oxygen atoms in total. The molecule has 0 fully saturated rings. The zero-order valence-corrected chi connectivity index (χ0v) is 16.2. The second-order valence-corrected chi connectivity index (χ2v) is 8.06. The third kappa shape index (κ3) is 2.60. The molecule has 0 amide bonds. The molecule has 4 aromatic carbocycles. The second-order valence-electron chi connectivity index (χ2n) is 8.06. The maximum absolute atomic E-state index is 10.5. The predicted octanol–water partition coefficient (Wildman–Crippen LogP) is 6.79. The van der Waals surface area contributed by atoms with Crippen LogP contribution in [0.4, 0.5) is 0 Å². The lowest BCUT2D eigenvalue weighted by atomic mass is 9.86. The number of aromatic nitrogens is 1. The molecule has 5 aromatic rings. The summed E-state index contributed by atoms with van der Waals surface area (Å²) in [6.07, 6.45) is 4.99. The molecule has 1 N–H and O–H groups in total. The Hall–Kier alpha value is -3.39. The minimum absolute atomic E-state index is 0.0814. The van der Waals surface area contributed by atoms with E-state index in [-0.39, 0.29) is 5.88 Å². The first kappa shape index (κ1) is 16.6. The van der Waals surface area contributed by atoms with E-state index in [1.54, 1.807) is 0 Å². The van der Waals surface area contributed by atoms with E-state index in [4.69, 9.17) is 0 Å². The van der Waals surface area contributed by atoms with Crippen molar-refractivity contribution in [1.82, 2.24) is 4.98 Å². The summed E-state index contributed by atoms with van der Waals surface area (Å²) in [6.45, 7) is 0. The molecule has 1 heterocycles. The number of benzene rings is 4. The zero-order valence-electron chi connectivity index (χ0n) is 16.2. The average molecular weight is 375 g/mol. The van der Waals surface area contributed by atoms with E-state index in [1.165, 1.54) is 58.4 Å². The van der Waals surface area contributed by atoms with Gasteiger partial charge in [-0.2, -0.15) is 0 Å². The Balaban J connectivity index is 1.55. The van der Waals surface area contributed by atoms with Crippen LogP contribution in [0, 0.1) is 0 Å². The highest BCUT2D eigenvalue weighted by molar-refractivity contribution is 6.10. The smallest absolute Gasteiger partial charge is 0.219 e. The summed E-state index contributed by atoms with van der Waals surface area (Å²) in [5, 5.41) is 16.8. The summed E-state index contributed by atoms with van der Waals surface area (Å²) in [7, 11) is 0. The van der Waals surface area contributed by atoms with E-state index >= 15 is 0 Å². The van der Waals surface area contributed by atoms with Gasteiger partial charge in [-0.15, -0.1) is 0 Å². The van der Waals surface area contributed by atoms with Gasteiger partial charge in [0.15, 0.2) is 0 Å². The minimum Gasteiger partial charge on any atom is -0.493 e. The number of hydrogen-bond acceptors (Lipinski definition) is 2. The van der Waals surface area contributed by atoms with Gasteiger partial charge in [0.05, 0.1) is 5.52 Å². The molecule has 0 spiro atoms. The van der Waals surface area contributed by atoms with Crippen LogP contribution in [0.2, 0.25) is 0 Å². The summed E-state index contributed by atoms with van der Waals surface area (Å²) in [6, 6.07) is 25.5. The normalized spacial score (nSPS) is 13.8. The molecule has 1 aliphatic rings. The summed E-state index contributed by atoms with van der Waals surface area (Å²) in [5.74, 6) is 0.0814. The van der Waals surface area contributed by atoms with Gasteiger partial charge in [0.2, 0.25) is 5.88 Å². The maximum Gasteiger partial charge on any atom is 0.219 e. The third-order valence-electron chi connectivity index (χ3n) is 6.36. The number of fused-ring (bicyclic) bond motifs is 6. The van der Waals surface area contributed by atoms with E-state index in [1.807, 2.05) is 30.3 Å². The Bertz CT molecular complexity index is 1420. The van der Waals surface area contributed by atoms with E-state index in [0.29, 0.717) is 0 Å².